The van der Waals surface area contributed by atoms with Gasteiger partial charge in [0.1, 0.15) is 5.76 Å². The van der Waals surface area contributed by atoms with Gasteiger partial charge in [0, 0.05) is 16.1 Å². The summed E-state index contributed by atoms with van der Waals surface area (Å²) < 4.78 is 29.7. The summed E-state index contributed by atoms with van der Waals surface area (Å²) in [5.41, 5.74) is 7.83. The van der Waals surface area contributed by atoms with Gasteiger partial charge in [-0.25, -0.2) is 13.6 Å². The van der Waals surface area contributed by atoms with Gasteiger partial charge in [0.15, 0.2) is 0 Å². The van der Waals surface area contributed by atoms with Crippen LogP contribution in [0.2, 0.25) is 5.02 Å². The minimum absolute atomic E-state index is 0.155. The van der Waals surface area contributed by atoms with Crippen molar-refractivity contribution in [3.63, 3.8) is 0 Å². The molecule has 146 valence electrons. The molecule has 1 aromatic heterocycles. The van der Waals surface area contributed by atoms with Crippen LogP contribution in [-0.4, -0.2) is 19.5 Å². The smallest absolute Gasteiger partial charge is 0.238 e. The quantitative estimate of drug-likeness (QED) is 0.656. The third kappa shape index (κ3) is 3.66. The first-order chi connectivity index (χ1) is 13.1. The molecule has 1 amide bonds. The van der Waals surface area contributed by atoms with E-state index in [4.69, 9.17) is 27.0 Å². The number of halogens is 1. The first kappa shape index (κ1) is 20.1. The zero-order valence-electron chi connectivity index (χ0n) is 15.1. The van der Waals surface area contributed by atoms with Crippen LogP contribution in [0, 0.1) is 13.8 Å². The number of carbonyl (C=O) groups is 1. The van der Waals surface area contributed by atoms with Gasteiger partial charge in [0.2, 0.25) is 15.9 Å². The molecule has 3 rings (SSSR count). The maximum atomic E-state index is 12.3. The highest BCUT2D eigenvalue weighted by Gasteiger charge is 2.27. The van der Waals surface area contributed by atoms with Crippen LogP contribution in [0.5, 0.6) is 0 Å². The molecule has 28 heavy (non-hydrogen) atoms. The Bertz CT molecular complexity index is 1150. The average Bonchev–Trinajstić information content (AvgIpc) is 2.94. The summed E-state index contributed by atoms with van der Waals surface area (Å²) in [5, 5.41) is 9.66. The summed E-state index contributed by atoms with van der Waals surface area (Å²) in [4.78, 5) is 12.0. The molecular formula is C19H18ClN3O4S. The average molecular weight is 420 g/mol. The van der Waals surface area contributed by atoms with Crippen molar-refractivity contribution in [2.24, 2.45) is 10.9 Å². The van der Waals surface area contributed by atoms with Gasteiger partial charge in [0.05, 0.1) is 16.5 Å². The molecule has 0 spiro atoms. The van der Waals surface area contributed by atoms with E-state index < -0.39 is 21.8 Å². The molecule has 0 aliphatic carbocycles. The number of aryl methyl sites for hydroxylation is 2. The fourth-order valence-electron chi connectivity index (χ4n) is 3.23. The zero-order chi connectivity index (χ0) is 20.6. The van der Waals surface area contributed by atoms with E-state index >= 15 is 0 Å². The first-order valence-corrected chi connectivity index (χ1v) is 10.2. The Balaban J connectivity index is 2.27. The minimum Gasteiger partial charge on any atom is -0.369 e. The van der Waals surface area contributed by atoms with Crippen molar-refractivity contribution in [3.8, 4) is 11.1 Å². The van der Waals surface area contributed by atoms with E-state index in [1.165, 1.54) is 6.07 Å². The normalized spacial score (nSPS) is 12.7. The fraction of sp³-hybridized carbons (Fsp3) is 0.158. The van der Waals surface area contributed by atoms with Crippen molar-refractivity contribution in [3.05, 3.63) is 70.1 Å². The third-order valence-electron chi connectivity index (χ3n) is 4.45. The van der Waals surface area contributed by atoms with E-state index in [9.17, 15) is 13.2 Å². The number of sulfonamides is 1. The van der Waals surface area contributed by atoms with E-state index in [-0.39, 0.29) is 4.90 Å². The third-order valence-corrected chi connectivity index (χ3v) is 5.74. The maximum absolute atomic E-state index is 12.3. The number of aromatic nitrogens is 1. The molecule has 2 aromatic carbocycles. The van der Waals surface area contributed by atoms with Crippen LogP contribution in [0.15, 0.2) is 51.9 Å². The van der Waals surface area contributed by atoms with E-state index in [0.29, 0.717) is 38.7 Å². The summed E-state index contributed by atoms with van der Waals surface area (Å²) in [5.74, 6) is -1.15. The van der Waals surface area contributed by atoms with Gasteiger partial charge in [-0.3, -0.25) is 4.79 Å². The van der Waals surface area contributed by atoms with Gasteiger partial charge in [0.25, 0.3) is 0 Å². The van der Waals surface area contributed by atoms with Crippen molar-refractivity contribution in [1.29, 1.82) is 0 Å². The lowest BCUT2D eigenvalue weighted by Crippen LogP contribution is -2.23. The molecular weight excluding hydrogens is 402 g/mol. The van der Waals surface area contributed by atoms with Crippen molar-refractivity contribution in [2.45, 2.75) is 24.7 Å². The molecule has 0 aliphatic rings. The zero-order valence-corrected chi connectivity index (χ0v) is 16.7. The van der Waals surface area contributed by atoms with Crippen molar-refractivity contribution < 1.29 is 17.7 Å². The highest BCUT2D eigenvalue weighted by atomic mass is 35.5. The number of nitrogens with two attached hydrogens (primary N) is 2. The van der Waals surface area contributed by atoms with Gasteiger partial charge in [-0.15, -0.1) is 0 Å². The summed E-state index contributed by atoms with van der Waals surface area (Å²) in [7, 11) is -4.12. The highest BCUT2D eigenvalue weighted by molar-refractivity contribution is 7.89. The maximum Gasteiger partial charge on any atom is 0.238 e. The van der Waals surface area contributed by atoms with E-state index in [2.05, 4.69) is 5.16 Å². The topological polar surface area (TPSA) is 129 Å². The number of rotatable bonds is 5. The second kappa shape index (κ2) is 7.38. The fourth-order valence-corrected chi connectivity index (χ4v) is 4.26. The first-order valence-electron chi connectivity index (χ1n) is 8.25. The molecule has 4 N–H and O–H groups in total. The van der Waals surface area contributed by atoms with Crippen LogP contribution < -0.4 is 10.9 Å². The monoisotopic (exact) mass is 419 g/mol. The summed E-state index contributed by atoms with van der Waals surface area (Å²) in [6.07, 6.45) is 0. The van der Waals surface area contributed by atoms with Gasteiger partial charge in [-0.05, 0) is 37.1 Å². The number of primary sulfonamides is 1. The Morgan fingerprint density at radius 2 is 1.86 bits per heavy atom. The number of hydrogen-bond donors (Lipinski definition) is 2. The number of nitrogens with zero attached hydrogens (tertiary/aromatic N) is 1. The predicted molar refractivity (Wildman–Crippen MR) is 105 cm³/mol. The second-order valence-corrected chi connectivity index (χ2v) is 8.29. The van der Waals surface area contributed by atoms with Crippen LogP contribution in [-0.2, 0) is 14.8 Å². The Kier molecular flexibility index (Phi) is 5.29. The molecule has 0 saturated carbocycles. The second-order valence-electron chi connectivity index (χ2n) is 6.36. The van der Waals surface area contributed by atoms with Gasteiger partial charge < -0.3 is 10.3 Å². The Hall–Kier alpha value is -2.68. The van der Waals surface area contributed by atoms with E-state index in [0.717, 1.165) is 0 Å². The number of amides is 1. The van der Waals surface area contributed by atoms with Crippen molar-refractivity contribution in [2.75, 3.05) is 0 Å². The van der Waals surface area contributed by atoms with Crippen molar-refractivity contribution >= 4 is 27.5 Å². The largest absolute Gasteiger partial charge is 0.369 e. The van der Waals surface area contributed by atoms with Crippen LogP contribution in [0.1, 0.15) is 28.5 Å². The summed E-state index contributed by atoms with van der Waals surface area (Å²) in [6.45, 7) is 3.37. The van der Waals surface area contributed by atoms with E-state index in [1.807, 2.05) is 0 Å². The summed E-state index contributed by atoms with van der Waals surface area (Å²) >= 11 is 6.23. The predicted octanol–water partition coefficient (Wildman–Crippen LogP) is 2.88. The Morgan fingerprint density at radius 3 is 2.39 bits per heavy atom. The lowest BCUT2D eigenvalue weighted by atomic mass is 9.89. The van der Waals surface area contributed by atoms with Gasteiger partial charge in [-0.2, -0.15) is 0 Å². The Morgan fingerprint density at radius 1 is 1.18 bits per heavy atom. The molecule has 1 unspecified atom stereocenters. The molecule has 1 heterocycles. The highest BCUT2D eigenvalue weighted by Crippen LogP contribution is 2.36. The van der Waals surface area contributed by atoms with Gasteiger partial charge in [-0.1, -0.05) is 47.1 Å². The Labute approximate surface area is 167 Å². The lowest BCUT2D eigenvalue weighted by Gasteiger charge is -2.18. The molecule has 3 aromatic rings. The van der Waals surface area contributed by atoms with Gasteiger partial charge >= 0.3 is 0 Å². The lowest BCUT2D eigenvalue weighted by molar-refractivity contribution is -0.118. The summed E-state index contributed by atoms with van der Waals surface area (Å²) in [6, 6.07) is 11.3. The van der Waals surface area contributed by atoms with Crippen LogP contribution in [0.4, 0.5) is 0 Å². The number of hydrogen-bond acceptors (Lipinski definition) is 5. The molecule has 1 atom stereocenters. The molecule has 7 nitrogen and oxygen atoms in total. The molecule has 0 saturated heterocycles. The molecule has 0 radical (unpaired) electrons. The number of carbonyl (C=O) groups excluding carboxylic acids is 1. The van der Waals surface area contributed by atoms with Crippen LogP contribution >= 0.6 is 11.6 Å². The molecule has 0 fully saturated rings. The van der Waals surface area contributed by atoms with Crippen LogP contribution in [0.3, 0.4) is 0 Å². The minimum atomic E-state index is -4.12. The molecule has 0 aliphatic heterocycles. The van der Waals surface area contributed by atoms with Crippen LogP contribution in [0.25, 0.3) is 11.1 Å². The number of primary amides is 1. The molecule has 0 bridgehead atoms. The van der Waals surface area contributed by atoms with E-state index in [1.54, 1.807) is 50.2 Å². The number of benzene rings is 2. The molecule has 9 heteroatoms. The SMILES string of the molecule is Cc1noc(C)c1-c1ccc(C(C(N)=O)c2ccccc2Cl)cc1S(N)(=O)=O. The standard InChI is InChI=1S/C19H18ClN3O4S/c1-10-17(11(2)27-23-10)14-8-7-12(9-16(14)28(22,25)26)18(19(21)24)13-5-3-4-6-15(13)20/h3-9,18H,1-2H3,(H2,21,24)(H2,22,25,26). The van der Waals surface area contributed by atoms with Crippen molar-refractivity contribution in [1.82, 2.24) is 5.16 Å².